The topological polar surface area (TPSA) is 265 Å². The van der Waals surface area contributed by atoms with Gasteiger partial charge in [0.2, 0.25) is 29.5 Å². The number of carbonyl (C=O) groups excluding carboxylic acids is 5. The molecular formula is C34H47N9O8S. The second kappa shape index (κ2) is 18.5. The number of benzene rings is 1. The highest BCUT2D eigenvalue weighted by Crippen LogP contribution is 2.21. The summed E-state index contributed by atoms with van der Waals surface area (Å²) >= 11 is 4.00. The number of aliphatic carboxylic acids is 1. The van der Waals surface area contributed by atoms with Crippen LogP contribution in [-0.2, 0) is 41.6 Å². The zero-order valence-electron chi connectivity index (χ0n) is 29.0. The molecule has 52 heavy (non-hydrogen) atoms. The minimum atomic E-state index is -1.29. The second-order valence-corrected chi connectivity index (χ2v) is 13.6. The van der Waals surface area contributed by atoms with Crippen LogP contribution in [0, 0.1) is 5.92 Å². The van der Waals surface area contributed by atoms with Crippen LogP contribution in [0.4, 0.5) is 0 Å². The summed E-state index contributed by atoms with van der Waals surface area (Å²) < 4.78 is 0. The number of likely N-dealkylation sites (tertiary alicyclic amines) is 1. The molecule has 5 amide bonds. The third kappa shape index (κ3) is 10.3. The summed E-state index contributed by atoms with van der Waals surface area (Å²) in [6.07, 6.45) is 5.57. The fourth-order valence-electron chi connectivity index (χ4n) is 6.11. The van der Waals surface area contributed by atoms with Gasteiger partial charge in [-0.25, -0.2) is 9.78 Å². The summed E-state index contributed by atoms with van der Waals surface area (Å²) in [7, 11) is 0. The fraction of sp³-hybridized carbons (Fsp3) is 0.500. The average molecular weight is 742 g/mol. The van der Waals surface area contributed by atoms with Gasteiger partial charge in [0.05, 0.1) is 12.9 Å². The maximum Gasteiger partial charge on any atom is 0.327 e. The van der Waals surface area contributed by atoms with Crippen molar-refractivity contribution in [3.8, 4) is 0 Å². The van der Waals surface area contributed by atoms with Gasteiger partial charge in [0, 0.05) is 54.1 Å². The number of amides is 5. The number of nitrogens with zero attached hydrogens (tertiary/aromatic N) is 2. The number of aliphatic hydroxyl groups is 1. The van der Waals surface area contributed by atoms with Crippen molar-refractivity contribution >= 4 is 59.0 Å². The molecule has 2 aromatic heterocycles. The summed E-state index contributed by atoms with van der Waals surface area (Å²) in [5.74, 6) is -4.84. The maximum atomic E-state index is 14.1. The summed E-state index contributed by atoms with van der Waals surface area (Å²) in [6.45, 7) is 3.26. The highest BCUT2D eigenvalue weighted by atomic mass is 32.1. The Labute approximate surface area is 305 Å². The molecule has 0 aliphatic carbocycles. The van der Waals surface area contributed by atoms with Crippen LogP contribution in [-0.4, -0.2) is 121 Å². The van der Waals surface area contributed by atoms with Crippen LogP contribution in [0.3, 0.4) is 0 Å². The van der Waals surface area contributed by atoms with Crippen molar-refractivity contribution in [3.05, 3.63) is 54.2 Å². The van der Waals surface area contributed by atoms with Crippen molar-refractivity contribution in [2.24, 2.45) is 11.7 Å². The van der Waals surface area contributed by atoms with Crippen molar-refractivity contribution in [3.63, 3.8) is 0 Å². The molecule has 0 radical (unpaired) electrons. The highest BCUT2D eigenvalue weighted by molar-refractivity contribution is 7.80. The van der Waals surface area contributed by atoms with Crippen LogP contribution in [0.25, 0.3) is 10.9 Å². The molecule has 0 unspecified atom stereocenters. The lowest BCUT2D eigenvalue weighted by Crippen LogP contribution is -2.60. The van der Waals surface area contributed by atoms with E-state index in [1.807, 2.05) is 38.1 Å². The molecular weight excluding hydrogens is 694 g/mol. The number of aliphatic hydroxyl groups excluding tert-OH is 1. The van der Waals surface area contributed by atoms with E-state index >= 15 is 0 Å². The van der Waals surface area contributed by atoms with E-state index in [0.29, 0.717) is 12.1 Å². The molecule has 1 saturated heterocycles. The van der Waals surface area contributed by atoms with E-state index in [0.717, 1.165) is 16.5 Å². The smallest absolute Gasteiger partial charge is 0.327 e. The zero-order chi connectivity index (χ0) is 37.9. The molecule has 282 valence electrons. The standard InChI is InChI=1S/C34H47N9O8S/c1-18(2)10-24(40-31(47)25(39-29(45)22(35)15-44)11-19-13-37-23-7-4-3-6-21(19)23)30(46)41-26(12-20-14-36-17-38-20)33(49)43-9-5-8-28(43)32(48)42-27(16-52)34(50)51/h3-4,6-7,13-14,17-18,22,24-28,37,44,52H,5,8-12,15-16,35H2,1-2H3,(H,36,38)(H,39,45)(H,40,47)(H,41,46)(H,42,48)(H,50,51)/t22-,24-,25-,26-,27-,28-/m0/s1. The molecule has 18 heteroatoms. The van der Waals surface area contributed by atoms with Crippen molar-refractivity contribution in [2.45, 2.75) is 82.2 Å². The van der Waals surface area contributed by atoms with Crippen LogP contribution in [0.5, 0.6) is 0 Å². The lowest BCUT2D eigenvalue weighted by atomic mass is 10.00. The van der Waals surface area contributed by atoms with E-state index in [4.69, 9.17) is 5.73 Å². The predicted molar refractivity (Wildman–Crippen MR) is 193 cm³/mol. The van der Waals surface area contributed by atoms with Crippen LogP contribution >= 0.6 is 12.6 Å². The third-order valence-electron chi connectivity index (χ3n) is 8.83. The first kappa shape index (κ1) is 39.8. The molecule has 0 bridgehead atoms. The average Bonchev–Trinajstić information content (AvgIpc) is 3.90. The Morgan fingerprint density at radius 2 is 1.65 bits per heavy atom. The van der Waals surface area contributed by atoms with Gasteiger partial charge < -0.3 is 52.1 Å². The normalized spacial score (nSPS) is 17.2. The number of H-pyrrole nitrogens is 2. The van der Waals surface area contributed by atoms with E-state index in [1.54, 1.807) is 6.20 Å². The number of aromatic nitrogens is 3. The predicted octanol–water partition coefficient (Wildman–Crippen LogP) is -1.01. The second-order valence-electron chi connectivity index (χ2n) is 13.2. The quantitative estimate of drug-likeness (QED) is 0.0710. The Morgan fingerprint density at radius 3 is 2.31 bits per heavy atom. The number of carbonyl (C=O) groups is 6. The van der Waals surface area contributed by atoms with Crippen LogP contribution in [0.1, 0.15) is 44.4 Å². The van der Waals surface area contributed by atoms with Gasteiger partial charge in [-0.3, -0.25) is 24.0 Å². The van der Waals surface area contributed by atoms with Gasteiger partial charge in [0.25, 0.3) is 0 Å². The van der Waals surface area contributed by atoms with E-state index in [2.05, 4.69) is 48.8 Å². The number of thiol groups is 1. The van der Waals surface area contributed by atoms with Crippen molar-refractivity contribution in [1.82, 2.24) is 41.1 Å². The number of hydrogen-bond donors (Lipinski definition) is 10. The maximum absolute atomic E-state index is 14.1. The third-order valence-corrected chi connectivity index (χ3v) is 9.20. The molecule has 4 rings (SSSR count). The number of nitrogens with one attached hydrogen (secondary N) is 6. The van der Waals surface area contributed by atoms with E-state index in [1.165, 1.54) is 17.4 Å². The minimum absolute atomic E-state index is 0.0234. The Hall–Kier alpha value is -4.94. The lowest BCUT2D eigenvalue weighted by Gasteiger charge is -2.30. The van der Waals surface area contributed by atoms with Crippen molar-refractivity contribution in [1.29, 1.82) is 0 Å². The lowest BCUT2D eigenvalue weighted by molar-refractivity contribution is -0.144. The summed E-state index contributed by atoms with van der Waals surface area (Å²) in [4.78, 5) is 90.8. The number of nitrogens with two attached hydrogens (primary N) is 1. The molecule has 17 nitrogen and oxygen atoms in total. The molecule has 1 fully saturated rings. The van der Waals surface area contributed by atoms with Crippen molar-refractivity contribution < 1.29 is 39.0 Å². The number of para-hydroxylation sites is 1. The first-order valence-corrected chi connectivity index (χ1v) is 17.7. The summed E-state index contributed by atoms with van der Waals surface area (Å²) in [6, 6.07) is 0.374. The molecule has 0 spiro atoms. The summed E-state index contributed by atoms with van der Waals surface area (Å²) in [5.41, 5.74) is 7.80. The SMILES string of the molecule is CC(C)C[C@H](NC(=O)[C@H](Cc1c[nH]c2ccccc12)NC(=O)[C@@H](N)CO)C(=O)N[C@@H](Cc1cnc[nH]1)C(=O)N1CCC[C@H]1C(=O)N[C@@H](CS)C(=O)O. The number of fused-ring (bicyclic) bond motifs is 1. The molecule has 1 aliphatic rings. The Kier molecular flexibility index (Phi) is 14.2. The Morgan fingerprint density at radius 1 is 0.962 bits per heavy atom. The largest absolute Gasteiger partial charge is 0.480 e. The van der Waals surface area contributed by atoms with E-state index in [9.17, 15) is 39.0 Å². The Balaban J connectivity index is 1.57. The Bertz CT molecular complexity index is 1720. The zero-order valence-corrected chi connectivity index (χ0v) is 29.9. The van der Waals surface area contributed by atoms with Crippen molar-refractivity contribution in [2.75, 3.05) is 18.9 Å². The van der Waals surface area contributed by atoms with Crippen LogP contribution in [0.2, 0.25) is 0 Å². The van der Waals surface area contributed by atoms with Gasteiger partial charge in [-0.2, -0.15) is 12.6 Å². The molecule has 1 aliphatic heterocycles. The number of aromatic amines is 2. The van der Waals surface area contributed by atoms with Gasteiger partial charge in [-0.15, -0.1) is 0 Å². The van der Waals surface area contributed by atoms with Gasteiger partial charge in [0.1, 0.15) is 36.3 Å². The van der Waals surface area contributed by atoms with Crippen LogP contribution in [0.15, 0.2) is 43.0 Å². The number of hydrogen-bond acceptors (Lipinski definition) is 10. The molecule has 3 heterocycles. The number of rotatable bonds is 18. The molecule has 1 aromatic carbocycles. The number of carboxylic acid groups (broad SMARTS) is 1. The molecule has 0 saturated carbocycles. The van der Waals surface area contributed by atoms with Gasteiger partial charge >= 0.3 is 5.97 Å². The van der Waals surface area contributed by atoms with E-state index < -0.39 is 78.4 Å². The van der Waals surface area contributed by atoms with E-state index in [-0.39, 0.29) is 43.9 Å². The van der Waals surface area contributed by atoms with Gasteiger partial charge in [-0.1, -0.05) is 32.0 Å². The first-order chi connectivity index (χ1) is 24.8. The fourth-order valence-corrected chi connectivity index (χ4v) is 6.36. The molecule has 6 atom stereocenters. The molecule has 10 N–H and O–H groups in total. The van der Waals surface area contributed by atoms with Crippen LogP contribution < -0.4 is 27.0 Å². The first-order valence-electron chi connectivity index (χ1n) is 17.1. The highest BCUT2D eigenvalue weighted by Gasteiger charge is 2.40. The molecule has 3 aromatic rings. The monoisotopic (exact) mass is 741 g/mol. The van der Waals surface area contributed by atoms with Gasteiger partial charge in [-0.05, 0) is 36.8 Å². The number of imidazole rings is 1. The number of carboxylic acids is 1. The minimum Gasteiger partial charge on any atom is -0.480 e. The van der Waals surface area contributed by atoms with Gasteiger partial charge in [0.15, 0.2) is 0 Å². The summed E-state index contributed by atoms with van der Waals surface area (Å²) in [5, 5.41) is 30.2.